The molecule has 2 aromatic heterocycles. The molecule has 0 amide bonds. The molecule has 3 N–H and O–H groups in total. The first-order chi connectivity index (χ1) is 7.77. The second kappa shape index (κ2) is 4.46. The van der Waals surface area contributed by atoms with Gasteiger partial charge in [-0.3, -0.25) is 10.8 Å². The zero-order chi connectivity index (χ0) is 11.5. The molecule has 0 radical (unpaired) electrons. The summed E-state index contributed by atoms with van der Waals surface area (Å²) in [6, 6.07) is 1.87. The topological polar surface area (TPSA) is 77.2 Å². The number of hydrogen-bond acceptors (Lipinski definition) is 6. The Hall–Kier alpha value is -1.66. The van der Waals surface area contributed by atoms with E-state index in [4.69, 9.17) is 10.6 Å². The van der Waals surface area contributed by atoms with Crippen LogP contribution in [0.15, 0.2) is 17.6 Å². The van der Waals surface area contributed by atoms with E-state index < -0.39 is 5.97 Å². The molecule has 16 heavy (non-hydrogen) atoms. The van der Waals surface area contributed by atoms with Gasteiger partial charge in [0.2, 0.25) is 0 Å². The lowest BCUT2D eigenvalue weighted by molar-refractivity contribution is 0.0527. The van der Waals surface area contributed by atoms with Crippen molar-refractivity contribution in [3.05, 3.63) is 23.2 Å². The number of rotatable bonds is 3. The number of esters is 1. The Bertz CT molecular complexity index is 524. The summed E-state index contributed by atoms with van der Waals surface area (Å²) in [7, 11) is 0. The number of hydrogen-bond donors (Lipinski definition) is 2. The van der Waals surface area contributed by atoms with Crippen molar-refractivity contribution in [2.24, 2.45) is 5.84 Å². The molecule has 0 aromatic carbocycles. The van der Waals surface area contributed by atoms with E-state index in [1.165, 1.54) is 17.5 Å². The van der Waals surface area contributed by atoms with E-state index in [1.807, 2.05) is 11.4 Å². The Balaban J connectivity index is 2.56. The predicted octanol–water partition coefficient (Wildman–Crippen LogP) is 1.76. The van der Waals surface area contributed by atoms with Crippen molar-refractivity contribution in [1.82, 2.24) is 4.98 Å². The van der Waals surface area contributed by atoms with Gasteiger partial charge in [0.05, 0.1) is 22.5 Å². The third-order valence-corrected chi connectivity index (χ3v) is 3.03. The molecule has 0 spiro atoms. The van der Waals surface area contributed by atoms with Gasteiger partial charge in [-0.25, -0.2) is 4.79 Å². The van der Waals surface area contributed by atoms with Gasteiger partial charge in [-0.15, -0.1) is 11.3 Å². The zero-order valence-corrected chi connectivity index (χ0v) is 9.50. The first-order valence-electron chi connectivity index (χ1n) is 4.78. The lowest BCUT2D eigenvalue weighted by Gasteiger charge is -2.08. The standard InChI is InChI=1S/C10H11N3O2S/c1-2-15-10(14)6-5-12-7-3-4-16-9(7)8(6)13-11/h3-5H,2,11H2,1H3,(H,12,13). The maximum Gasteiger partial charge on any atom is 0.341 e. The Morgan fingerprint density at radius 3 is 3.19 bits per heavy atom. The highest BCUT2D eigenvalue weighted by molar-refractivity contribution is 7.17. The fraction of sp³-hybridized carbons (Fsp3) is 0.200. The molecule has 0 saturated carbocycles. The Morgan fingerprint density at radius 2 is 2.50 bits per heavy atom. The Labute approximate surface area is 96.2 Å². The van der Waals surface area contributed by atoms with Crippen LogP contribution in [0, 0.1) is 0 Å². The normalized spacial score (nSPS) is 10.4. The van der Waals surface area contributed by atoms with E-state index in [1.54, 1.807) is 6.92 Å². The van der Waals surface area contributed by atoms with Crippen molar-refractivity contribution < 1.29 is 9.53 Å². The van der Waals surface area contributed by atoms with Gasteiger partial charge in [-0.1, -0.05) is 0 Å². The minimum Gasteiger partial charge on any atom is -0.462 e. The number of nitrogens with one attached hydrogen (secondary N) is 1. The molecule has 0 bridgehead atoms. The largest absolute Gasteiger partial charge is 0.462 e. The summed E-state index contributed by atoms with van der Waals surface area (Å²) >= 11 is 1.48. The summed E-state index contributed by atoms with van der Waals surface area (Å²) in [4.78, 5) is 15.8. The Morgan fingerprint density at radius 1 is 1.69 bits per heavy atom. The van der Waals surface area contributed by atoms with Gasteiger partial charge in [0.25, 0.3) is 0 Å². The lowest BCUT2D eigenvalue weighted by atomic mass is 10.2. The number of nitrogens with two attached hydrogens (primary N) is 1. The molecule has 5 nitrogen and oxygen atoms in total. The number of nitrogen functional groups attached to an aromatic ring is 1. The number of aromatic nitrogens is 1. The number of thiophene rings is 1. The summed E-state index contributed by atoms with van der Waals surface area (Å²) in [6.45, 7) is 2.08. The second-order valence-corrected chi connectivity index (χ2v) is 3.96. The molecule has 0 fully saturated rings. The highest BCUT2D eigenvalue weighted by Gasteiger charge is 2.16. The fourth-order valence-corrected chi connectivity index (χ4v) is 2.28. The van der Waals surface area contributed by atoms with E-state index in [-0.39, 0.29) is 0 Å². The molecule has 84 valence electrons. The van der Waals surface area contributed by atoms with Crippen LogP contribution in [0.25, 0.3) is 10.2 Å². The summed E-state index contributed by atoms with van der Waals surface area (Å²) in [5.74, 6) is 5.01. The quantitative estimate of drug-likeness (QED) is 0.483. The molecular weight excluding hydrogens is 226 g/mol. The SMILES string of the molecule is CCOC(=O)c1cnc2ccsc2c1NN. The number of anilines is 1. The van der Waals surface area contributed by atoms with Crippen molar-refractivity contribution in [1.29, 1.82) is 0 Å². The van der Waals surface area contributed by atoms with Crippen molar-refractivity contribution in [3.8, 4) is 0 Å². The first kappa shape index (κ1) is 10.8. The molecule has 0 unspecified atom stereocenters. The maximum absolute atomic E-state index is 11.6. The zero-order valence-electron chi connectivity index (χ0n) is 8.69. The lowest BCUT2D eigenvalue weighted by Crippen LogP contribution is -2.14. The third kappa shape index (κ3) is 1.72. The van der Waals surface area contributed by atoms with E-state index >= 15 is 0 Å². The highest BCUT2D eigenvalue weighted by atomic mass is 32.1. The van der Waals surface area contributed by atoms with Crippen LogP contribution in [-0.4, -0.2) is 17.6 Å². The van der Waals surface area contributed by atoms with Gasteiger partial charge < -0.3 is 10.2 Å². The molecule has 0 aliphatic heterocycles. The van der Waals surface area contributed by atoms with Crippen LogP contribution in [0.4, 0.5) is 5.69 Å². The van der Waals surface area contributed by atoms with Gasteiger partial charge in [0.1, 0.15) is 5.56 Å². The first-order valence-corrected chi connectivity index (χ1v) is 5.65. The molecule has 2 heterocycles. The van der Waals surface area contributed by atoms with Crippen molar-refractivity contribution in [3.63, 3.8) is 0 Å². The summed E-state index contributed by atoms with van der Waals surface area (Å²) in [5.41, 5.74) is 4.27. The predicted molar refractivity (Wildman–Crippen MR) is 63.4 cm³/mol. The smallest absolute Gasteiger partial charge is 0.341 e. The molecule has 2 rings (SSSR count). The van der Waals surface area contributed by atoms with Gasteiger partial charge in [-0.05, 0) is 18.4 Å². The highest BCUT2D eigenvalue weighted by Crippen LogP contribution is 2.29. The van der Waals surface area contributed by atoms with Crippen LogP contribution in [0.5, 0.6) is 0 Å². The number of carbonyl (C=O) groups is 1. The Kier molecular flexibility index (Phi) is 3.02. The minimum atomic E-state index is -0.418. The van der Waals surface area contributed by atoms with Crippen LogP contribution in [-0.2, 0) is 4.74 Å². The number of carbonyl (C=O) groups excluding carboxylic acids is 1. The monoisotopic (exact) mass is 237 g/mol. The summed E-state index contributed by atoms with van der Waals surface area (Å²) < 4.78 is 5.78. The van der Waals surface area contributed by atoms with Crippen LogP contribution >= 0.6 is 11.3 Å². The van der Waals surface area contributed by atoms with E-state index in [9.17, 15) is 4.79 Å². The number of fused-ring (bicyclic) bond motifs is 1. The van der Waals surface area contributed by atoms with Crippen molar-refractivity contribution in [2.45, 2.75) is 6.92 Å². The summed E-state index contributed by atoms with van der Waals surface area (Å²) in [5, 5.41) is 1.90. The molecule has 6 heteroatoms. The van der Waals surface area contributed by atoms with Gasteiger partial charge >= 0.3 is 5.97 Å². The van der Waals surface area contributed by atoms with Gasteiger partial charge in [0.15, 0.2) is 0 Å². The molecular formula is C10H11N3O2S. The van der Waals surface area contributed by atoms with E-state index in [2.05, 4.69) is 10.4 Å². The second-order valence-electron chi connectivity index (χ2n) is 3.05. The average Bonchev–Trinajstić information content (AvgIpc) is 2.75. The molecule has 0 aliphatic carbocycles. The van der Waals surface area contributed by atoms with E-state index in [0.29, 0.717) is 17.9 Å². The molecule has 0 aliphatic rings. The van der Waals surface area contributed by atoms with Crippen LogP contribution < -0.4 is 11.3 Å². The fourth-order valence-electron chi connectivity index (χ4n) is 1.42. The van der Waals surface area contributed by atoms with Crippen molar-refractivity contribution >= 4 is 33.2 Å². The maximum atomic E-state index is 11.6. The minimum absolute atomic E-state index is 0.325. The van der Waals surface area contributed by atoms with Crippen LogP contribution in [0.3, 0.4) is 0 Å². The number of nitrogens with zero attached hydrogens (tertiary/aromatic N) is 1. The third-order valence-electron chi connectivity index (χ3n) is 2.11. The molecule has 0 atom stereocenters. The number of ether oxygens (including phenoxy) is 1. The van der Waals surface area contributed by atoms with Crippen LogP contribution in [0.2, 0.25) is 0 Å². The summed E-state index contributed by atoms with van der Waals surface area (Å²) in [6.07, 6.45) is 1.47. The van der Waals surface area contributed by atoms with Gasteiger partial charge in [0, 0.05) is 6.20 Å². The average molecular weight is 237 g/mol. The van der Waals surface area contributed by atoms with Gasteiger partial charge in [-0.2, -0.15) is 0 Å². The molecule has 0 saturated heterocycles. The van der Waals surface area contributed by atoms with Crippen LogP contribution in [0.1, 0.15) is 17.3 Å². The van der Waals surface area contributed by atoms with Crippen molar-refractivity contribution in [2.75, 3.05) is 12.0 Å². The number of pyridine rings is 1. The number of hydrazine groups is 1. The molecule has 2 aromatic rings. The van der Waals surface area contributed by atoms with E-state index in [0.717, 1.165) is 10.2 Å².